The molecule has 0 N–H and O–H groups in total. The van der Waals surface area contributed by atoms with Crippen LogP contribution in [-0.4, -0.2) is 20.3 Å². The summed E-state index contributed by atoms with van der Waals surface area (Å²) in [6.45, 7) is 6.63. The summed E-state index contributed by atoms with van der Waals surface area (Å²) in [5.41, 5.74) is 28.8. The SMILES string of the molecule is CCCCc1ccc(N2B3c4ccc(B(c5ccc(-c6ccccc6)cc5)c5ccc(-c6ccccc6)cc5)cc4B(c4ccc(CCCC)cc4-c4ccccc4)c4cc(C)cc(c43)-c3c2ccc2oc4ccccc4c32)cc1. The highest BCUT2D eigenvalue weighted by Crippen LogP contribution is 2.47. The Kier molecular flexibility index (Phi) is 13.1. The van der Waals surface area contributed by atoms with E-state index in [0.29, 0.717) is 0 Å². The molecule has 5 heteroatoms. The molecule has 1 aromatic heterocycles. The monoisotopic (exact) mass is 1030 g/mol. The molecule has 0 unspecified atom stereocenters. The maximum atomic E-state index is 6.75. The first kappa shape index (κ1) is 49.5. The van der Waals surface area contributed by atoms with Gasteiger partial charge in [-0.1, -0.05) is 289 Å². The van der Waals surface area contributed by atoms with E-state index in [9.17, 15) is 0 Å². The largest absolute Gasteiger partial charge is 0.456 e. The minimum Gasteiger partial charge on any atom is -0.456 e. The zero-order chi connectivity index (χ0) is 53.7. The van der Waals surface area contributed by atoms with E-state index in [4.69, 9.17) is 4.42 Å². The molecule has 0 amide bonds. The van der Waals surface area contributed by atoms with Gasteiger partial charge in [0, 0.05) is 27.7 Å². The number of anilines is 2. The van der Waals surface area contributed by atoms with Gasteiger partial charge in [0.15, 0.2) is 0 Å². The van der Waals surface area contributed by atoms with Gasteiger partial charge in [0.2, 0.25) is 13.4 Å². The molecule has 2 aliphatic rings. The number of hydrogen-bond acceptors (Lipinski definition) is 2. The summed E-state index contributed by atoms with van der Waals surface area (Å²) in [7, 11) is 0. The van der Waals surface area contributed by atoms with Crippen LogP contribution in [0.4, 0.5) is 11.4 Å². The fourth-order valence-corrected chi connectivity index (χ4v) is 13.5. The lowest BCUT2D eigenvalue weighted by molar-refractivity contribution is 0.669. The highest BCUT2D eigenvalue weighted by atomic mass is 16.3. The van der Waals surface area contributed by atoms with Crippen LogP contribution in [0.3, 0.4) is 0 Å². The number of nitrogens with zero attached hydrogens (tertiary/aromatic N) is 1. The van der Waals surface area contributed by atoms with Crippen molar-refractivity contribution in [2.75, 3.05) is 4.81 Å². The summed E-state index contributed by atoms with van der Waals surface area (Å²) in [4.78, 5) is 2.68. The highest BCUT2D eigenvalue weighted by molar-refractivity contribution is 7.10. The Morgan fingerprint density at radius 2 is 0.988 bits per heavy atom. The zero-order valence-electron chi connectivity index (χ0n) is 46.0. The summed E-state index contributed by atoms with van der Waals surface area (Å²) in [5, 5.41) is 2.32. The third-order valence-electron chi connectivity index (χ3n) is 17.4. The summed E-state index contributed by atoms with van der Waals surface area (Å²) >= 11 is 0. The summed E-state index contributed by atoms with van der Waals surface area (Å²) < 4.78 is 6.75. The minimum atomic E-state index is -0.122. The lowest BCUT2D eigenvalue weighted by Crippen LogP contribution is -2.77. The summed E-state index contributed by atoms with van der Waals surface area (Å²) in [5.74, 6) is 0. The van der Waals surface area contributed by atoms with E-state index in [1.165, 1.54) is 135 Å². The Morgan fingerprint density at radius 3 is 1.64 bits per heavy atom. The highest BCUT2D eigenvalue weighted by Gasteiger charge is 2.48. The molecular weight excluding hydrogens is 963 g/mol. The molecule has 0 saturated carbocycles. The number of hydrogen-bond donors (Lipinski definition) is 0. The van der Waals surface area contributed by atoms with Crippen molar-refractivity contribution in [1.29, 1.82) is 0 Å². The van der Waals surface area contributed by atoms with Crippen molar-refractivity contribution >= 4 is 97.3 Å². The number of unbranched alkanes of at least 4 members (excludes halogenated alkanes) is 2. The molecule has 80 heavy (non-hydrogen) atoms. The second kappa shape index (κ2) is 21.1. The van der Waals surface area contributed by atoms with E-state index in [-0.39, 0.29) is 20.3 Å². The Labute approximate surface area is 473 Å². The molecule has 0 saturated heterocycles. The van der Waals surface area contributed by atoms with Crippen LogP contribution >= 0.6 is 0 Å². The van der Waals surface area contributed by atoms with E-state index in [1.54, 1.807) is 0 Å². The number of aryl methyl sites for hydroxylation is 3. The van der Waals surface area contributed by atoms with E-state index in [2.05, 4.69) is 274 Å². The molecule has 0 bridgehead atoms. The van der Waals surface area contributed by atoms with Gasteiger partial charge in [0.25, 0.3) is 0 Å². The van der Waals surface area contributed by atoms with Gasteiger partial charge < -0.3 is 9.23 Å². The minimum absolute atomic E-state index is 0.0448. The van der Waals surface area contributed by atoms with Crippen LogP contribution in [-0.2, 0) is 12.8 Å². The average molecular weight is 1030 g/mol. The smallest absolute Gasteiger partial charge is 0.327 e. The van der Waals surface area contributed by atoms with Gasteiger partial charge in [-0.3, -0.25) is 0 Å². The van der Waals surface area contributed by atoms with Crippen LogP contribution < -0.4 is 48.5 Å². The maximum Gasteiger partial charge on any atom is 0.327 e. The third kappa shape index (κ3) is 8.81. The topological polar surface area (TPSA) is 16.4 Å². The second-order valence-electron chi connectivity index (χ2n) is 22.4. The molecule has 12 aromatic rings. The van der Waals surface area contributed by atoms with Crippen molar-refractivity contribution in [3.05, 3.63) is 265 Å². The van der Waals surface area contributed by atoms with Crippen molar-refractivity contribution in [3.8, 4) is 44.5 Å². The molecule has 0 aliphatic carbocycles. The van der Waals surface area contributed by atoms with Crippen molar-refractivity contribution < 1.29 is 4.42 Å². The van der Waals surface area contributed by atoms with Gasteiger partial charge >= 0.3 is 6.85 Å². The molecule has 0 atom stereocenters. The van der Waals surface area contributed by atoms with E-state index in [0.717, 1.165) is 42.2 Å². The Morgan fingerprint density at radius 1 is 0.425 bits per heavy atom. The van der Waals surface area contributed by atoms with Crippen molar-refractivity contribution in [2.45, 2.75) is 59.3 Å². The third-order valence-corrected chi connectivity index (χ3v) is 17.4. The van der Waals surface area contributed by atoms with Crippen LogP contribution in [0.15, 0.2) is 253 Å². The van der Waals surface area contributed by atoms with E-state index >= 15 is 0 Å². The average Bonchev–Trinajstić information content (AvgIpc) is 2.60. The molecule has 14 rings (SSSR count). The quantitative estimate of drug-likeness (QED) is 0.101. The van der Waals surface area contributed by atoms with Crippen LogP contribution in [0.25, 0.3) is 66.4 Å². The molecule has 0 spiro atoms. The lowest BCUT2D eigenvalue weighted by Gasteiger charge is -2.45. The van der Waals surface area contributed by atoms with Crippen LogP contribution in [0.5, 0.6) is 0 Å². The molecule has 3 heterocycles. The second-order valence-corrected chi connectivity index (χ2v) is 22.4. The molecule has 11 aromatic carbocycles. The Balaban J connectivity index is 1.05. The molecule has 382 valence electrons. The molecule has 2 aliphatic heterocycles. The van der Waals surface area contributed by atoms with Crippen LogP contribution in [0.1, 0.15) is 56.2 Å². The first-order chi connectivity index (χ1) is 39.5. The lowest BCUT2D eigenvalue weighted by atomic mass is 9.23. The zero-order valence-corrected chi connectivity index (χ0v) is 46.0. The normalized spacial score (nSPS) is 12.4. The molecule has 2 nitrogen and oxygen atoms in total. The number of benzene rings is 11. The van der Waals surface area contributed by atoms with Gasteiger partial charge in [-0.15, -0.1) is 0 Å². The van der Waals surface area contributed by atoms with E-state index < -0.39 is 0 Å². The Bertz CT molecular complexity index is 4130. The van der Waals surface area contributed by atoms with Gasteiger partial charge in [0.1, 0.15) is 11.2 Å². The maximum absolute atomic E-state index is 6.75. The van der Waals surface area contributed by atoms with Crippen molar-refractivity contribution in [1.82, 2.24) is 0 Å². The van der Waals surface area contributed by atoms with E-state index in [1.807, 2.05) is 0 Å². The van der Waals surface area contributed by atoms with Crippen LogP contribution in [0, 0.1) is 6.92 Å². The summed E-state index contributed by atoms with van der Waals surface area (Å²) in [6, 6.07) is 94.2. The fraction of sp³-hybridized carbons (Fsp3) is 0.120. The standard InChI is InChI=1S/C75H62B3NO/c1-4-6-19-52-29-41-62(42-30-52)79-70-45-46-72-74(63-27-17-18-28-71(63)80-72)73(70)65-47-51(3)48-69-75(65)78(79)67-44-40-61(50-68(67)77(69)66-43-31-53(20-7-5-2)49-64(66)58-25-15-10-16-26-58)76(59-36-32-56(33-37-59)54-21-11-8-12-22-54)60-38-34-57(35-39-60)55-23-13-9-14-24-55/h8-18,21-50H,4-7,19-20H2,1-3H3. The first-order valence-corrected chi connectivity index (χ1v) is 29.1. The van der Waals surface area contributed by atoms with Gasteiger partial charge in [0.05, 0.1) is 0 Å². The molecule has 0 fully saturated rings. The fourth-order valence-electron chi connectivity index (χ4n) is 13.5. The predicted octanol–water partition coefficient (Wildman–Crippen LogP) is 13.9. The van der Waals surface area contributed by atoms with Crippen molar-refractivity contribution in [3.63, 3.8) is 0 Å². The van der Waals surface area contributed by atoms with Gasteiger partial charge in [-0.25, -0.2) is 0 Å². The number of furan rings is 1. The van der Waals surface area contributed by atoms with Gasteiger partial charge in [-0.05, 0) is 118 Å². The predicted molar refractivity (Wildman–Crippen MR) is 346 cm³/mol. The summed E-state index contributed by atoms with van der Waals surface area (Å²) in [6.07, 6.45) is 6.78. The molecular formula is C75H62B3NO. The van der Waals surface area contributed by atoms with Crippen molar-refractivity contribution in [2.24, 2.45) is 0 Å². The van der Waals surface area contributed by atoms with Crippen LogP contribution in [0.2, 0.25) is 0 Å². The molecule has 0 radical (unpaired) electrons. The number of rotatable bonds is 14. The van der Waals surface area contributed by atoms with Gasteiger partial charge in [-0.2, -0.15) is 0 Å². The number of para-hydroxylation sites is 1. The number of fused-ring (bicyclic) bond motifs is 8. The Hall–Kier alpha value is -8.79. The first-order valence-electron chi connectivity index (χ1n) is 29.1.